The van der Waals surface area contributed by atoms with Crippen LogP contribution < -0.4 is 11.1 Å². The average Bonchev–Trinajstić information content (AvgIpc) is 2.42. The van der Waals surface area contributed by atoms with E-state index in [1.54, 1.807) is 18.2 Å². The Morgan fingerprint density at radius 1 is 1.11 bits per heavy atom. The Bertz CT molecular complexity index is 535. The largest absolute Gasteiger partial charge is 0.508 e. The number of benzene rings is 2. The fraction of sp³-hybridized carbons (Fsp3) is 0.250. The molecule has 0 radical (unpaired) electrons. The van der Waals surface area contributed by atoms with Crippen LogP contribution in [0.25, 0.3) is 0 Å². The van der Waals surface area contributed by atoms with Crippen LogP contribution in [0, 0.1) is 0 Å². The van der Waals surface area contributed by atoms with Gasteiger partial charge in [0.15, 0.2) is 0 Å². The van der Waals surface area contributed by atoms with E-state index in [1.165, 1.54) is 5.56 Å². The van der Waals surface area contributed by atoms with Gasteiger partial charge in [-0.25, -0.2) is 0 Å². The van der Waals surface area contributed by atoms with Crippen LogP contribution in [0.5, 0.6) is 5.75 Å². The second-order valence-corrected chi connectivity index (χ2v) is 4.69. The summed E-state index contributed by atoms with van der Waals surface area (Å²) in [5.74, 6) is 0.268. The first-order chi connectivity index (χ1) is 9.19. The molecule has 0 aliphatic carbocycles. The van der Waals surface area contributed by atoms with Crippen molar-refractivity contribution in [3.05, 3.63) is 53.6 Å². The fourth-order valence-electron chi connectivity index (χ4n) is 2.02. The zero-order chi connectivity index (χ0) is 13.7. The molecule has 3 heteroatoms. The summed E-state index contributed by atoms with van der Waals surface area (Å²) in [6.07, 6.45) is 2.26. The quantitative estimate of drug-likeness (QED) is 0.566. The fourth-order valence-corrected chi connectivity index (χ4v) is 2.02. The van der Waals surface area contributed by atoms with E-state index in [9.17, 15) is 5.11 Å². The van der Waals surface area contributed by atoms with E-state index in [0.717, 1.165) is 24.1 Å². The number of nitrogens with one attached hydrogen (secondary N) is 1. The van der Waals surface area contributed by atoms with E-state index in [4.69, 9.17) is 5.73 Å². The monoisotopic (exact) mass is 256 g/mol. The van der Waals surface area contributed by atoms with Crippen LogP contribution in [0.15, 0.2) is 42.5 Å². The Morgan fingerprint density at radius 3 is 2.53 bits per heavy atom. The summed E-state index contributed by atoms with van der Waals surface area (Å²) in [5.41, 5.74) is 9.56. The molecule has 0 saturated carbocycles. The number of aryl methyl sites for hydroxylation is 1. The van der Waals surface area contributed by atoms with Crippen LogP contribution in [0.4, 0.5) is 11.4 Å². The van der Waals surface area contributed by atoms with Crippen molar-refractivity contribution in [2.75, 3.05) is 11.1 Å². The number of phenols is 1. The predicted octanol–water partition coefficient (Wildman–Crippen LogP) is 3.54. The van der Waals surface area contributed by atoms with E-state index in [0.29, 0.717) is 12.2 Å². The van der Waals surface area contributed by atoms with Gasteiger partial charge in [-0.05, 0) is 42.3 Å². The number of anilines is 2. The highest BCUT2D eigenvalue weighted by molar-refractivity contribution is 5.50. The molecule has 2 aromatic rings. The number of hydrogen-bond donors (Lipinski definition) is 3. The smallest absolute Gasteiger partial charge is 0.120 e. The van der Waals surface area contributed by atoms with Crippen LogP contribution >= 0.6 is 0 Å². The van der Waals surface area contributed by atoms with Crippen LogP contribution in [-0.4, -0.2) is 5.11 Å². The molecule has 0 bridgehead atoms. The first kappa shape index (κ1) is 13.3. The van der Waals surface area contributed by atoms with Gasteiger partial charge in [-0.15, -0.1) is 0 Å². The molecule has 3 nitrogen and oxygen atoms in total. The standard InChI is InChI=1S/C16H20N2O/c1-2-3-12-4-7-15(8-5-12)18-11-13-10-14(17)6-9-16(13)19/h4-10,18-19H,2-3,11,17H2,1H3. The minimum Gasteiger partial charge on any atom is -0.508 e. The Morgan fingerprint density at radius 2 is 1.84 bits per heavy atom. The lowest BCUT2D eigenvalue weighted by molar-refractivity contribution is 0.469. The van der Waals surface area contributed by atoms with Gasteiger partial charge in [-0.1, -0.05) is 25.5 Å². The SMILES string of the molecule is CCCc1ccc(NCc2cc(N)ccc2O)cc1. The molecule has 0 aliphatic rings. The van der Waals surface area contributed by atoms with Gasteiger partial charge in [0.2, 0.25) is 0 Å². The molecule has 2 rings (SSSR count). The minimum absolute atomic E-state index is 0.268. The predicted molar refractivity (Wildman–Crippen MR) is 80.3 cm³/mol. The Balaban J connectivity index is 2.00. The molecule has 2 aromatic carbocycles. The summed E-state index contributed by atoms with van der Waals surface area (Å²) in [6.45, 7) is 2.73. The van der Waals surface area contributed by atoms with Gasteiger partial charge in [0.05, 0.1) is 0 Å². The van der Waals surface area contributed by atoms with Crippen LogP contribution in [0.3, 0.4) is 0 Å². The Labute approximate surface area is 114 Å². The highest BCUT2D eigenvalue weighted by Crippen LogP contribution is 2.21. The third-order valence-corrected chi connectivity index (χ3v) is 3.08. The number of nitrogen functional groups attached to an aromatic ring is 1. The first-order valence-corrected chi connectivity index (χ1v) is 6.59. The number of hydrogen-bond acceptors (Lipinski definition) is 3. The number of aromatic hydroxyl groups is 1. The van der Waals surface area contributed by atoms with Gasteiger partial charge in [-0.2, -0.15) is 0 Å². The maximum absolute atomic E-state index is 9.73. The highest BCUT2D eigenvalue weighted by atomic mass is 16.3. The summed E-state index contributed by atoms with van der Waals surface area (Å²) in [5, 5.41) is 13.0. The molecule has 0 aromatic heterocycles. The minimum atomic E-state index is 0.268. The summed E-state index contributed by atoms with van der Waals surface area (Å²) < 4.78 is 0. The maximum Gasteiger partial charge on any atom is 0.120 e. The molecule has 100 valence electrons. The van der Waals surface area contributed by atoms with Crippen molar-refractivity contribution < 1.29 is 5.11 Å². The van der Waals surface area contributed by atoms with Gasteiger partial charge in [-0.3, -0.25) is 0 Å². The summed E-state index contributed by atoms with van der Waals surface area (Å²) in [6, 6.07) is 13.5. The van der Waals surface area contributed by atoms with E-state index >= 15 is 0 Å². The third kappa shape index (κ3) is 3.65. The lowest BCUT2D eigenvalue weighted by Crippen LogP contribution is -2.00. The molecule has 0 atom stereocenters. The van der Waals surface area contributed by atoms with Gasteiger partial charge in [0.25, 0.3) is 0 Å². The van der Waals surface area contributed by atoms with Crippen LogP contribution in [0.2, 0.25) is 0 Å². The molecular formula is C16H20N2O. The second kappa shape index (κ2) is 6.14. The van der Waals surface area contributed by atoms with Gasteiger partial charge in [0, 0.05) is 23.5 Å². The van der Waals surface area contributed by atoms with Crippen LogP contribution in [0.1, 0.15) is 24.5 Å². The molecule has 19 heavy (non-hydrogen) atoms. The van der Waals surface area contributed by atoms with E-state index < -0.39 is 0 Å². The zero-order valence-corrected chi connectivity index (χ0v) is 11.2. The van der Waals surface area contributed by atoms with Crippen molar-refractivity contribution in [2.45, 2.75) is 26.3 Å². The van der Waals surface area contributed by atoms with Crippen molar-refractivity contribution in [3.63, 3.8) is 0 Å². The van der Waals surface area contributed by atoms with Crippen LogP contribution in [-0.2, 0) is 13.0 Å². The molecule has 0 saturated heterocycles. The Hall–Kier alpha value is -2.16. The van der Waals surface area contributed by atoms with Crippen molar-refractivity contribution in [3.8, 4) is 5.75 Å². The average molecular weight is 256 g/mol. The molecule has 0 aliphatic heterocycles. The molecule has 0 heterocycles. The van der Waals surface area contributed by atoms with E-state index in [-0.39, 0.29) is 5.75 Å². The normalized spacial score (nSPS) is 10.4. The molecule has 0 amide bonds. The lowest BCUT2D eigenvalue weighted by atomic mass is 10.1. The molecule has 0 spiro atoms. The molecule has 0 fully saturated rings. The van der Waals surface area contributed by atoms with Crippen molar-refractivity contribution in [1.29, 1.82) is 0 Å². The second-order valence-electron chi connectivity index (χ2n) is 4.69. The topological polar surface area (TPSA) is 58.3 Å². The molecule has 0 unspecified atom stereocenters. The lowest BCUT2D eigenvalue weighted by Gasteiger charge is -2.09. The number of phenolic OH excluding ortho intramolecular Hbond substituents is 1. The molecule has 4 N–H and O–H groups in total. The van der Waals surface area contributed by atoms with E-state index in [1.807, 2.05) is 0 Å². The van der Waals surface area contributed by atoms with Gasteiger partial charge < -0.3 is 16.2 Å². The number of nitrogens with two attached hydrogens (primary N) is 1. The van der Waals surface area contributed by atoms with Gasteiger partial charge in [0.1, 0.15) is 5.75 Å². The molecular weight excluding hydrogens is 236 g/mol. The van der Waals surface area contributed by atoms with E-state index in [2.05, 4.69) is 36.5 Å². The van der Waals surface area contributed by atoms with Crippen molar-refractivity contribution in [1.82, 2.24) is 0 Å². The highest BCUT2D eigenvalue weighted by Gasteiger charge is 2.01. The van der Waals surface area contributed by atoms with Crippen molar-refractivity contribution >= 4 is 11.4 Å². The third-order valence-electron chi connectivity index (χ3n) is 3.08. The summed E-state index contributed by atoms with van der Waals surface area (Å²) in [7, 11) is 0. The zero-order valence-electron chi connectivity index (χ0n) is 11.2. The van der Waals surface area contributed by atoms with Crippen molar-refractivity contribution in [2.24, 2.45) is 0 Å². The maximum atomic E-state index is 9.73. The van der Waals surface area contributed by atoms with Gasteiger partial charge >= 0.3 is 0 Å². The Kier molecular flexibility index (Phi) is 4.29. The summed E-state index contributed by atoms with van der Waals surface area (Å²) in [4.78, 5) is 0. The first-order valence-electron chi connectivity index (χ1n) is 6.59. The summed E-state index contributed by atoms with van der Waals surface area (Å²) >= 11 is 0. The number of rotatable bonds is 5.